The van der Waals surface area contributed by atoms with Crippen LogP contribution in [0.15, 0.2) is 18.2 Å². The molecule has 1 saturated heterocycles. The van der Waals surface area contributed by atoms with Crippen LogP contribution < -0.4 is 0 Å². The van der Waals surface area contributed by atoms with E-state index in [1.807, 2.05) is 0 Å². The van der Waals surface area contributed by atoms with Crippen molar-refractivity contribution in [2.24, 2.45) is 0 Å². The Hall–Kier alpha value is -1.63. The first-order valence-corrected chi connectivity index (χ1v) is 6.22. The van der Waals surface area contributed by atoms with Crippen molar-refractivity contribution in [3.05, 3.63) is 35.4 Å². The van der Waals surface area contributed by atoms with Crippen molar-refractivity contribution in [1.82, 2.24) is 4.90 Å². The quantitative estimate of drug-likeness (QED) is 0.888. The molecule has 0 radical (unpaired) electrons. The molecule has 4 nitrogen and oxygen atoms in total. The fourth-order valence-corrected chi connectivity index (χ4v) is 2.81. The van der Waals surface area contributed by atoms with Crippen molar-refractivity contribution in [2.45, 2.75) is 6.04 Å². The van der Waals surface area contributed by atoms with E-state index in [9.17, 15) is 18.4 Å². The predicted octanol–water partition coefficient (Wildman–Crippen LogP) is 1.56. The number of halogens is 2. The van der Waals surface area contributed by atoms with E-state index < -0.39 is 29.6 Å². The SMILES string of the molecule is O=C(O)C1CSCN1C(=O)c1ccc(F)cc1F. The van der Waals surface area contributed by atoms with Gasteiger partial charge in [0.2, 0.25) is 0 Å². The number of amides is 1. The zero-order valence-electron chi connectivity index (χ0n) is 9.10. The summed E-state index contributed by atoms with van der Waals surface area (Å²) >= 11 is 1.28. The zero-order valence-corrected chi connectivity index (χ0v) is 9.92. The van der Waals surface area contributed by atoms with Crippen molar-refractivity contribution in [3.8, 4) is 0 Å². The summed E-state index contributed by atoms with van der Waals surface area (Å²) in [5.74, 6) is -3.17. The van der Waals surface area contributed by atoms with Crippen LogP contribution in [0.5, 0.6) is 0 Å². The fourth-order valence-electron chi connectivity index (χ4n) is 1.67. The number of carboxylic acid groups (broad SMARTS) is 1. The minimum Gasteiger partial charge on any atom is -0.480 e. The molecule has 2 rings (SSSR count). The van der Waals surface area contributed by atoms with E-state index in [1.54, 1.807) is 0 Å². The predicted molar refractivity (Wildman–Crippen MR) is 61.3 cm³/mol. The molecule has 0 aromatic heterocycles. The Morgan fingerprint density at radius 1 is 1.39 bits per heavy atom. The standard InChI is InChI=1S/C11H9F2NO3S/c12-6-1-2-7(8(13)3-6)10(15)14-5-18-4-9(14)11(16)17/h1-3,9H,4-5H2,(H,16,17). The third-order valence-corrected chi connectivity index (χ3v) is 3.60. The first-order chi connectivity index (χ1) is 8.50. The minimum absolute atomic E-state index is 0.187. The van der Waals surface area contributed by atoms with Crippen LogP contribution in [0, 0.1) is 11.6 Å². The summed E-state index contributed by atoms with van der Waals surface area (Å²) in [6.45, 7) is 0. The maximum atomic E-state index is 13.4. The smallest absolute Gasteiger partial charge is 0.327 e. The molecule has 1 amide bonds. The fraction of sp³-hybridized carbons (Fsp3) is 0.273. The van der Waals surface area contributed by atoms with Crippen molar-refractivity contribution < 1.29 is 23.5 Å². The van der Waals surface area contributed by atoms with Crippen LogP contribution in [0.2, 0.25) is 0 Å². The van der Waals surface area contributed by atoms with Gasteiger partial charge in [-0.15, -0.1) is 11.8 Å². The van der Waals surface area contributed by atoms with Crippen LogP contribution in [-0.2, 0) is 4.79 Å². The van der Waals surface area contributed by atoms with Crippen LogP contribution in [0.4, 0.5) is 8.78 Å². The molecule has 7 heteroatoms. The summed E-state index contributed by atoms with van der Waals surface area (Å²) in [4.78, 5) is 24.0. The third kappa shape index (κ3) is 2.31. The molecule has 1 aliphatic heterocycles. The number of aliphatic carboxylic acids is 1. The lowest BCUT2D eigenvalue weighted by molar-refractivity contribution is -0.140. The highest BCUT2D eigenvalue weighted by molar-refractivity contribution is 7.99. The van der Waals surface area contributed by atoms with Crippen molar-refractivity contribution in [3.63, 3.8) is 0 Å². The molecule has 1 heterocycles. The Morgan fingerprint density at radius 3 is 2.72 bits per heavy atom. The first-order valence-electron chi connectivity index (χ1n) is 5.07. The number of carbonyl (C=O) groups is 2. The van der Waals surface area contributed by atoms with E-state index in [-0.39, 0.29) is 17.2 Å². The number of thioether (sulfide) groups is 1. The monoisotopic (exact) mass is 273 g/mol. The molecule has 1 atom stereocenters. The second-order valence-electron chi connectivity index (χ2n) is 3.75. The van der Waals surface area contributed by atoms with Crippen molar-refractivity contribution in [2.75, 3.05) is 11.6 Å². The first kappa shape index (κ1) is 12.8. The van der Waals surface area contributed by atoms with Gasteiger partial charge in [0.15, 0.2) is 0 Å². The van der Waals surface area contributed by atoms with Gasteiger partial charge in [0.1, 0.15) is 17.7 Å². The molecular formula is C11H9F2NO3S. The van der Waals surface area contributed by atoms with Gasteiger partial charge in [-0.1, -0.05) is 0 Å². The van der Waals surface area contributed by atoms with Gasteiger partial charge >= 0.3 is 5.97 Å². The molecule has 0 spiro atoms. The molecule has 1 aromatic rings. The van der Waals surface area contributed by atoms with Crippen LogP contribution >= 0.6 is 11.8 Å². The molecule has 1 aromatic carbocycles. The number of benzene rings is 1. The van der Waals surface area contributed by atoms with Crippen LogP contribution in [0.25, 0.3) is 0 Å². The molecule has 18 heavy (non-hydrogen) atoms. The Kier molecular flexibility index (Phi) is 3.51. The average molecular weight is 273 g/mol. The van der Waals surface area contributed by atoms with Crippen LogP contribution in [0.1, 0.15) is 10.4 Å². The number of hydrogen-bond donors (Lipinski definition) is 1. The van der Waals surface area contributed by atoms with Gasteiger partial charge in [-0.3, -0.25) is 4.79 Å². The highest BCUT2D eigenvalue weighted by Crippen LogP contribution is 2.24. The molecule has 96 valence electrons. The van der Waals surface area contributed by atoms with Crippen LogP contribution in [0.3, 0.4) is 0 Å². The molecule has 1 aliphatic rings. The number of nitrogens with zero attached hydrogens (tertiary/aromatic N) is 1. The summed E-state index contributed by atoms with van der Waals surface area (Å²) in [6, 6.07) is 1.63. The number of carboxylic acids is 1. The van der Waals surface area contributed by atoms with Gasteiger partial charge in [-0.2, -0.15) is 0 Å². The van der Waals surface area contributed by atoms with E-state index >= 15 is 0 Å². The summed E-state index contributed by atoms with van der Waals surface area (Å²) < 4.78 is 26.2. The second-order valence-corrected chi connectivity index (χ2v) is 4.75. The van der Waals surface area contributed by atoms with E-state index in [4.69, 9.17) is 5.11 Å². The lowest BCUT2D eigenvalue weighted by Crippen LogP contribution is -2.42. The number of rotatable bonds is 2. The highest BCUT2D eigenvalue weighted by atomic mass is 32.2. The summed E-state index contributed by atoms with van der Waals surface area (Å²) in [7, 11) is 0. The molecule has 1 fully saturated rings. The molecule has 0 aliphatic carbocycles. The van der Waals surface area contributed by atoms with Gasteiger partial charge < -0.3 is 10.0 Å². The van der Waals surface area contributed by atoms with E-state index in [0.717, 1.165) is 17.0 Å². The summed E-state index contributed by atoms with van der Waals surface area (Å²) in [5, 5.41) is 8.93. The Morgan fingerprint density at radius 2 is 2.11 bits per heavy atom. The number of hydrogen-bond acceptors (Lipinski definition) is 3. The van der Waals surface area contributed by atoms with Crippen molar-refractivity contribution in [1.29, 1.82) is 0 Å². The lowest BCUT2D eigenvalue weighted by atomic mass is 10.1. The Labute approximate surface area is 106 Å². The van der Waals surface area contributed by atoms with Gasteiger partial charge in [0, 0.05) is 11.8 Å². The third-order valence-electron chi connectivity index (χ3n) is 2.59. The maximum Gasteiger partial charge on any atom is 0.327 e. The van der Waals surface area contributed by atoms with Crippen molar-refractivity contribution >= 4 is 23.6 Å². The average Bonchev–Trinajstić information content (AvgIpc) is 2.77. The van der Waals surface area contributed by atoms with Gasteiger partial charge in [0.05, 0.1) is 11.4 Å². The maximum absolute atomic E-state index is 13.4. The molecule has 0 saturated carbocycles. The summed E-state index contributed by atoms with van der Waals surface area (Å²) in [5.41, 5.74) is -0.315. The Balaban J connectivity index is 2.28. The molecular weight excluding hydrogens is 264 g/mol. The molecule has 1 N–H and O–H groups in total. The molecule has 0 bridgehead atoms. The molecule has 1 unspecified atom stereocenters. The normalized spacial score (nSPS) is 19.0. The topological polar surface area (TPSA) is 57.6 Å². The zero-order chi connectivity index (χ0) is 13.3. The van der Waals surface area contributed by atoms with Gasteiger partial charge in [0.25, 0.3) is 5.91 Å². The second kappa shape index (κ2) is 4.93. The van der Waals surface area contributed by atoms with E-state index in [0.29, 0.717) is 6.07 Å². The summed E-state index contributed by atoms with van der Waals surface area (Å²) in [6.07, 6.45) is 0. The highest BCUT2D eigenvalue weighted by Gasteiger charge is 2.35. The lowest BCUT2D eigenvalue weighted by Gasteiger charge is -2.20. The van der Waals surface area contributed by atoms with Gasteiger partial charge in [-0.05, 0) is 12.1 Å². The van der Waals surface area contributed by atoms with Gasteiger partial charge in [-0.25, -0.2) is 13.6 Å². The van der Waals surface area contributed by atoms with E-state index in [1.165, 1.54) is 11.8 Å². The van der Waals surface area contributed by atoms with E-state index in [2.05, 4.69) is 0 Å². The Bertz CT molecular complexity index is 509. The van der Waals surface area contributed by atoms with Crippen LogP contribution in [-0.4, -0.2) is 39.6 Å². The number of carbonyl (C=O) groups excluding carboxylic acids is 1. The minimum atomic E-state index is -1.13. The largest absolute Gasteiger partial charge is 0.480 e.